The van der Waals surface area contributed by atoms with Crippen LogP contribution in [0.15, 0.2) is 42.7 Å². The van der Waals surface area contributed by atoms with Gasteiger partial charge in [0.05, 0.1) is 0 Å². The molecule has 2 aliphatic rings. The van der Waals surface area contributed by atoms with Crippen LogP contribution in [0, 0.1) is 0 Å². The summed E-state index contributed by atoms with van der Waals surface area (Å²) in [7, 11) is 0. The van der Waals surface area contributed by atoms with Gasteiger partial charge in [-0.1, -0.05) is 18.9 Å². The zero-order valence-corrected chi connectivity index (χ0v) is 17.1. The molecule has 6 heteroatoms. The first kappa shape index (κ1) is 20.0. The van der Waals surface area contributed by atoms with Gasteiger partial charge in [-0.25, -0.2) is 0 Å². The maximum atomic E-state index is 12.4. The van der Waals surface area contributed by atoms with Gasteiger partial charge in [-0.2, -0.15) is 5.10 Å². The summed E-state index contributed by atoms with van der Waals surface area (Å²) in [5.74, 6) is 0.750. The van der Waals surface area contributed by atoms with Crippen LogP contribution in [0.1, 0.15) is 55.3 Å². The highest BCUT2D eigenvalue weighted by Crippen LogP contribution is 2.27. The Bertz CT molecular complexity index is 763. The standard InChI is InChI=1S/C23H32N4O2/c28-23(24-12-4-14-27-15-5-13-25-27)19-6-3-9-22(18-19)29-21-10-16-26(17-11-21)20-7-1-2-8-20/h3,5-6,9,13,15,18,20-21H,1-2,4,7-8,10-12,14,16-17H2,(H,24,28). The van der Waals surface area contributed by atoms with E-state index in [-0.39, 0.29) is 12.0 Å². The van der Waals surface area contributed by atoms with Crippen molar-refractivity contribution in [1.29, 1.82) is 0 Å². The number of rotatable bonds is 8. The molecule has 1 amide bonds. The number of nitrogens with one attached hydrogen (secondary N) is 1. The van der Waals surface area contributed by atoms with Gasteiger partial charge in [0.1, 0.15) is 11.9 Å². The molecule has 2 fully saturated rings. The lowest BCUT2D eigenvalue weighted by Crippen LogP contribution is -2.43. The van der Waals surface area contributed by atoms with Gasteiger partial charge in [0.15, 0.2) is 0 Å². The number of hydrogen-bond acceptors (Lipinski definition) is 4. The van der Waals surface area contributed by atoms with Crippen LogP contribution >= 0.6 is 0 Å². The molecule has 0 radical (unpaired) electrons. The molecule has 1 aromatic heterocycles. The topological polar surface area (TPSA) is 59.4 Å². The second-order valence-electron chi connectivity index (χ2n) is 8.20. The predicted octanol–water partition coefficient (Wildman–Crippen LogP) is 3.49. The molecule has 29 heavy (non-hydrogen) atoms. The first-order valence-electron chi connectivity index (χ1n) is 11.0. The first-order chi connectivity index (χ1) is 14.3. The Morgan fingerprint density at radius 3 is 2.72 bits per heavy atom. The largest absolute Gasteiger partial charge is 0.490 e. The van der Waals surface area contributed by atoms with E-state index < -0.39 is 0 Å². The Morgan fingerprint density at radius 1 is 1.14 bits per heavy atom. The fraction of sp³-hybridized carbons (Fsp3) is 0.565. The highest BCUT2D eigenvalue weighted by molar-refractivity contribution is 5.94. The molecular formula is C23H32N4O2. The minimum absolute atomic E-state index is 0.0491. The SMILES string of the molecule is O=C(NCCCn1cccn1)c1cccc(OC2CCN(C3CCCC3)CC2)c1. The Kier molecular flexibility index (Phi) is 6.83. The molecule has 2 aromatic rings. The second kappa shape index (κ2) is 9.92. The van der Waals surface area contributed by atoms with Gasteiger partial charge in [0, 0.05) is 50.2 Å². The van der Waals surface area contributed by atoms with Gasteiger partial charge < -0.3 is 15.0 Å². The number of piperidine rings is 1. The van der Waals surface area contributed by atoms with E-state index >= 15 is 0 Å². The Labute approximate surface area is 173 Å². The molecule has 156 valence electrons. The molecule has 1 N–H and O–H groups in total. The highest BCUT2D eigenvalue weighted by Gasteiger charge is 2.27. The Balaban J connectivity index is 1.21. The maximum absolute atomic E-state index is 12.4. The molecule has 0 spiro atoms. The Hall–Kier alpha value is -2.34. The highest BCUT2D eigenvalue weighted by atomic mass is 16.5. The summed E-state index contributed by atoms with van der Waals surface area (Å²) >= 11 is 0. The number of carbonyl (C=O) groups excluding carboxylic acids is 1. The molecule has 2 heterocycles. The van der Waals surface area contributed by atoms with E-state index in [1.54, 1.807) is 6.20 Å². The number of aryl methyl sites for hydroxylation is 1. The summed E-state index contributed by atoms with van der Waals surface area (Å²) < 4.78 is 8.09. The molecule has 1 aliphatic heterocycles. The third-order valence-electron chi connectivity index (χ3n) is 6.13. The van der Waals surface area contributed by atoms with Crippen LogP contribution in [0.3, 0.4) is 0 Å². The monoisotopic (exact) mass is 396 g/mol. The van der Waals surface area contributed by atoms with Crippen molar-refractivity contribution in [2.24, 2.45) is 0 Å². The summed E-state index contributed by atoms with van der Waals surface area (Å²) in [5.41, 5.74) is 0.657. The lowest BCUT2D eigenvalue weighted by atomic mass is 10.0. The van der Waals surface area contributed by atoms with E-state index in [1.807, 2.05) is 41.2 Å². The zero-order chi connectivity index (χ0) is 19.9. The number of amides is 1. The minimum atomic E-state index is -0.0491. The lowest BCUT2D eigenvalue weighted by Gasteiger charge is -2.36. The zero-order valence-electron chi connectivity index (χ0n) is 17.1. The van der Waals surface area contributed by atoms with E-state index in [9.17, 15) is 4.79 Å². The number of benzene rings is 1. The van der Waals surface area contributed by atoms with Gasteiger partial charge in [0.2, 0.25) is 0 Å². The van der Waals surface area contributed by atoms with Crippen LogP contribution in [0.2, 0.25) is 0 Å². The molecule has 4 rings (SSSR count). The van der Waals surface area contributed by atoms with Crippen LogP contribution in [0.25, 0.3) is 0 Å². The van der Waals surface area contributed by atoms with Crippen LogP contribution in [0.4, 0.5) is 0 Å². The normalized spacial score (nSPS) is 18.8. The molecule has 1 aliphatic carbocycles. The van der Waals surface area contributed by atoms with Crippen LogP contribution in [0.5, 0.6) is 5.75 Å². The molecule has 6 nitrogen and oxygen atoms in total. The van der Waals surface area contributed by atoms with E-state index in [4.69, 9.17) is 4.74 Å². The predicted molar refractivity (Wildman–Crippen MR) is 113 cm³/mol. The molecule has 1 saturated heterocycles. The summed E-state index contributed by atoms with van der Waals surface area (Å²) in [4.78, 5) is 15.1. The number of nitrogens with zero attached hydrogens (tertiary/aromatic N) is 3. The van der Waals surface area contributed by atoms with Crippen molar-refractivity contribution in [3.63, 3.8) is 0 Å². The molecule has 0 atom stereocenters. The molecular weight excluding hydrogens is 364 g/mol. The second-order valence-corrected chi connectivity index (χ2v) is 8.20. The molecule has 1 aromatic carbocycles. The van der Waals surface area contributed by atoms with E-state index in [1.165, 1.54) is 25.7 Å². The minimum Gasteiger partial charge on any atom is -0.490 e. The smallest absolute Gasteiger partial charge is 0.251 e. The van der Waals surface area contributed by atoms with E-state index in [0.717, 1.165) is 50.7 Å². The van der Waals surface area contributed by atoms with Gasteiger partial charge in [0.25, 0.3) is 5.91 Å². The van der Waals surface area contributed by atoms with Crippen molar-refractivity contribution in [2.45, 2.75) is 63.6 Å². The fourth-order valence-electron chi connectivity index (χ4n) is 4.51. The van der Waals surface area contributed by atoms with Crippen molar-refractivity contribution in [2.75, 3.05) is 19.6 Å². The molecule has 0 bridgehead atoms. The fourth-order valence-corrected chi connectivity index (χ4v) is 4.51. The average Bonchev–Trinajstić information content (AvgIpc) is 3.46. The quantitative estimate of drug-likeness (QED) is 0.694. The van der Waals surface area contributed by atoms with Crippen molar-refractivity contribution >= 4 is 5.91 Å². The summed E-state index contributed by atoms with van der Waals surface area (Å²) in [5, 5.41) is 7.16. The maximum Gasteiger partial charge on any atom is 0.251 e. The number of likely N-dealkylation sites (tertiary alicyclic amines) is 1. The number of ether oxygens (including phenoxy) is 1. The van der Waals surface area contributed by atoms with Crippen LogP contribution in [-0.2, 0) is 6.54 Å². The lowest BCUT2D eigenvalue weighted by molar-refractivity contribution is 0.0766. The van der Waals surface area contributed by atoms with Gasteiger partial charge in [-0.05, 0) is 56.4 Å². The third-order valence-corrected chi connectivity index (χ3v) is 6.13. The molecule has 0 unspecified atom stereocenters. The third kappa shape index (κ3) is 5.60. The molecule has 1 saturated carbocycles. The number of carbonyl (C=O) groups is 1. The van der Waals surface area contributed by atoms with Crippen molar-refractivity contribution in [1.82, 2.24) is 20.0 Å². The van der Waals surface area contributed by atoms with Gasteiger partial charge in [-0.3, -0.25) is 9.48 Å². The van der Waals surface area contributed by atoms with E-state index in [0.29, 0.717) is 12.1 Å². The van der Waals surface area contributed by atoms with E-state index in [2.05, 4.69) is 15.3 Å². The Morgan fingerprint density at radius 2 is 1.97 bits per heavy atom. The van der Waals surface area contributed by atoms with Gasteiger partial charge in [-0.15, -0.1) is 0 Å². The average molecular weight is 397 g/mol. The van der Waals surface area contributed by atoms with Crippen LogP contribution < -0.4 is 10.1 Å². The van der Waals surface area contributed by atoms with Crippen molar-refractivity contribution in [3.05, 3.63) is 48.3 Å². The summed E-state index contributed by atoms with van der Waals surface area (Å²) in [6.45, 7) is 3.69. The summed E-state index contributed by atoms with van der Waals surface area (Å²) in [6.07, 6.45) is 12.4. The van der Waals surface area contributed by atoms with Crippen molar-refractivity contribution in [3.8, 4) is 5.75 Å². The summed E-state index contributed by atoms with van der Waals surface area (Å²) in [6, 6.07) is 10.3. The first-order valence-corrected chi connectivity index (χ1v) is 11.0. The number of aromatic nitrogens is 2. The van der Waals surface area contributed by atoms with Crippen molar-refractivity contribution < 1.29 is 9.53 Å². The number of hydrogen-bond donors (Lipinski definition) is 1. The van der Waals surface area contributed by atoms with Gasteiger partial charge >= 0.3 is 0 Å². The van der Waals surface area contributed by atoms with Crippen LogP contribution in [-0.4, -0.2) is 52.4 Å².